The van der Waals surface area contributed by atoms with Crippen molar-refractivity contribution in [2.24, 2.45) is 0 Å². The van der Waals surface area contributed by atoms with Crippen molar-refractivity contribution in [3.63, 3.8) is 0 Å². The number of nitrogens with zero attached hydrogens (tertiary/aromatic N) is 1. The standard InChI is InChI=1S/C7H5BrN2O2/c8-2-1-7(11)9-3-6-4-12-5-10-6/h4-5H,3H2,(H,9,11). The fraction of sp³-hybridized carbons (Fsp3) is 0.143. The van der Waals surface area contributed by atoms with Crippen LogP contribution >= 0.6 is 15.9 Å². The van der Waals surface area contributed by atoms with Gasteiger partial charge in [-0.2, -0.15) is 0 Å². The van der Waals surface area contributed by atoms with Crippen molar-refractivity contribution in [2.45, 2.75) is 6.54 Å². The number of hydrogen-bond donors (Lipinski definition) is 1. The molecule has 0 saturated carbocycles. The summed E-state index contributed by atoms with van der Waals surface area (Å²) in [7, 11) is 0. The van der Waals surface area contributed by atoms with Gasteiger partial charge < -0.3 is 9.73 Å². The molecular weight excluding hydrogens is 224 g/mol. The molecule has 4 nitrogen and oxygen atoms in total. The number of amides is 1. The number of aromatic nitrogens is 1. The molecule has 0 aliphatic carbocycles. The van der Waals surface area contributed by atoms with Crippen molar-refractivity contribution in [3.05, 3.63) is 18.4 Å². The Labute approximate surface area is 77.5 Å². The molecular formula is C7H5BrN2O2. The lowest BCUT2D eigenvalue weighted by Crippen LogP contribution is -2.20. The minimum absolute atomic E-state index is 0.330. The monoisotopic (exact) mass is 228 g/mol. The van der Waals surface area contributed by atoms with Gasteiger partial charge in [0.2, 0.25) is 0 Å². The zero-order valence-corrected chi connectivity index (χ0v) is 7.59. The molecule has 5 heteroatoms. The van der Waals surface area contributed by atoms with Crippen LogP contribution in [0.25, 0.3) is 0 Å². The van der Waals surface area contributed by atoms with E-state index in [0.29, 0.717) is 12.2 Å². The lowest BCUT2D eigenvalue weighted by molar-refractivity contribution is -0.115. The number of nitrogens with one attached hydrogen (secondary N) is 1. The largest absolute Gasteiger partial charge is 0.451 e. The molecule has 62 valence electrons. The first-order chi connectivity index (χ1) is 5.83. The third-order valence-electron chi connectivity index (χ3n) is 1.07. The molecule has 0 aliphatic heterocycles. The number of halogens is 1. The van der Waals surface area contributed by atoms with Crippen LogP contribution in [0, 0.1) is 10.8 Å². The van der Waals surface area contributed by atoms with Gasteiger partial charge >= 0.3 is 0 Å². The van der Waals surface area contributed by atoms with E-state index in [2.05, 4.69) is 37.0 Å². The molecule has 1 aromatic rings. The van der Waals surface area contributed by atoms with Crippen LogP contribution in [0.2, 0.25) is 0 Å². The third kappa shape index (κ3) is 2.76. The first-order valence-corrected chi connectivity index (χ1v) is 3.89. The molecule has 0 bridgehead atoms. The Kier molecular flexibility index (Phi) is 3.35. The van der Waals surface area contributed by atoms with Gasteiger partial charge in [-0.1, -0.05) is 0 Å². The normalized spacial score (nSPS) is 8.42. The topological polar surface area (TPSA) is 55.1 Å². The van der Waals surface area contributed by atoms with Gasteiger partial charge in [-0.25, -0.2) is 4.98 Å². The van der Waals surface area contributed by atoms with Crippen molar-refractivity contribution in [2.75, 3.05) is 0 Å². The van der Waals surface area contributed by atoms with E-state index in [9.17, 15) is 4.79 Å². The van der Waals surface area contributed by atoms with E-state index in [-0.39, 0.29) is 5.91 Å². The van der Waals surface area contributed by atoms with E-state index in [4.69, 9.17) is 4.42 Å². The van der Waals surface area contributed by atoms with Gasteiger partial charge in [0.05, 0.1) is 12.2 Å². The highest BCUT2D eigenvalue weighted by molar-refractivity contribution is 9.12. The Hall–Kier alpha value is -1.28. The van der Waals surface area contributed by atoms with Gasteiger partial charge in [-0.15, -0.1) is 0 Å². The average molecular weight is 229 g/mol. The molecule has 0 fully saturated rings. The summed E-state index contributed by atoms with van der Waals surface area (Å²) in [6.07, 6.45) is 2.76. The maximum atomic E-state index is 10.8. The van der Waals surface area contributed by atoms with Crippen molar-refractivity contribution < 1.29 is 9.21 Å². The minimum Gasteiger partial charge on any atom is -0.451 e. The van der Waals surface area contributed by atoms with Gasteiger partial charge in [0, 0.05) is 21.9 Å². The molecule has 1 aromatic heterocycles. The van der Waals surface area contributed by atoms with Gasteiger partial charge in [-0.3, -0.25) is 4.79 Å². The van der Waals surface area contributed by atoms with E-state index >= 15 is 0 Å². The second kappa shape index (κ2) is 4.57. The van der Waals surface area contributed by atoms with Crippen LogP contribution in [-0.2, 0) is 11.3 Å². The zero-order valence-electron chi connectivity index (χ0n) is 6.00. The van der Waals surface area contributed by atoms with E-state index < -0.39 is 0 Å². The van der Waals surface area contributed by atoms with E-state index in [1.807, 2.05) is 0 Å². The Morgan fingerprint density at radius 1 is 1.83 bits per heavy atom. The summed E-state index contributed by atoms with van der Waals surface area (Å²) >= 11 is 2.81. The summed E-state index contributed by atoms with van der Waals surface area (Å²) in [5.41, 5.74) is 0.666. The number of carbonyl (C=O) groups is 1. The first kappa shape index (κ1) is 8.81. The molecule has 0 aromatic carbocycles. The Balaban J connectivity index is 2.35. The smallest absolute Gasteiger partial charge is 0.297 e. The van der Waals surface area contributed by atoms with Crippen LogP contribution in [0.5, 0.6) is 0 Å². The summed E-state index contributed by atoms with van der Waals surface area (Å²) in [6.45, 7) is 0.330. The Morgan fingerprint density at radius 3 is 3.25 bits per heavy atom. The third-order valence-corrected chi connectivity index (χ3v) is 1.27. The SMILES string of the molecule is O=C(C#CBr)NCc1cocn1. The molecule has 0 saturated heterocycles. The maximum Gasteiger partial charge on any atom is 0.297 e. The van der Waals surface area contributed by atoms with E-state index in [1.165, 1.54) is 12.7 Å². The average Bonchev–Trinajstić information content (AvgIpc) is 2.53. The quantitative estimate of drug-likeness (QED) is 0.757. The van der Waals surface area contributed by atoms with E-state index in [0.717, 1.165) is 0 Å². The lowest BCUT2D eigenvalue weighted by atomic mass is 10.4. The second-order valence-corrected chi connectivity index (χ2v) is 2.28. The number of hydrogen-bond acceptors (Lipinski definition) is 3. The summed E-state index contributed by atoms with van der Waals surface area (Å²) < 4.78 is 4.70. The molecule has 1 heterocycles. The summed E-state index contributed by atoms with van der Waals surface area (Å²) in [4.78, 5) is 16.9. The van der Waals surface area contributed by atoms with Gasteiger partial charge in [0.25, 0.3) is 5.91 Å². The first-order valence-electron chi connectivity index (χ1n) is 3.09. The van der Waals surface area contributed by atoms with Crippen LogP contribution in [0.3, 0.4) is 0 Å². The predicted octanol–water partition coefficient (Wildman–Crippen LogP) is 0.647. The number of oxazole rings is 1. The molecule has 12 heavy (non-hydrogen) atoms. The molecule has 1 rings (SSSR count). The highest BCUT2D eigenvalue weighted by Gasteiger charge is 1.97. The van der Waals surface area contributed by atoms with Crippen molar-refractivity contribution >= 4 is 21.8 Å². The lowest BCUT2D eigenvalue weighted by Gasteiger charge is -1.93. The van der Waals surface area contributed by atoms with Crippen LogP contribution in [0.1, 0.15) is 5.69 Å². The van der Waals surface area contributed by atoms with E-state index in [1.54, 1.807) is 0 Å². The highest BCUT2D eigenvalue weighted by atomic mass is 79.9. The molecule has 0 unspecified atom stereocenters. The summed E-state index contributed by atoms with van der Waals surface area (Å²) in [5, 5.41) is 2.52. The molecule has 0 radical (unpaired) electrons. The molecule has 1 amide bonds. The molecule has 1 N–H and O–H groups in total. The van der Waals surface area contributed by atoms with Crippen molar-refractivity contribution in [3.8, 4) is 10.8 Å². The number of rotatable bonds is 2. The fourth-order valence-corrected chi connectivity index (χ4v) is 0.763. The second-order valence-electron chi connectivity index (χ2n) is 1.88. The minimum atomic E-state index is -0.352. The molecule has 0 aliphatic rings. The fourth-order valence-electron chi connectivity index (χ4n) is 0.583. The predicted molar refractivity (Wildman–Crippen MR) is 45.1 cm³/mol. The van der Waals surface area contributed by atoms with Crippen LogP contribution in [0.15, 0.2) is 17.1 Å². The maximum absolute atomic E-state index is 10.8. The molecule has 0 spiro atoms. The van der Waals surface area contributed by atoms with Gasteiger partial charge in [0.15, 0.2) is 6.39 Å². The van der Waals surface area contributed by atoms with Gasteiger partial charge in [0.1, 0.15) is 6.26 Å². The Bertz CT molecular complexity index is 310. The summed E-state index contributed by atoms with van der Waals surface area (Å²) in [6, 6.07) is 0. The van der Waals surface area contributed by atoms with Crippen molar-refractivity contribution in [1.29, 1.82) is 0 Å². The molecule has 0 atom stereocenters. The van der Waals surface area contributed by atoms with Gasteiger partial charge in [-0.05, 0) is 4.83 Å². The van der Waals surface area contributed by atoms with Crippen molar-refractivity contribution in [1.82, 2.24) is 10.3 Å². The number of carbonyl (C=O) groups excluding carboxylic acids is 1. The van der Waals surface area contributed by atoms with Crippen LogP contribution < -0.4 is 5.32 Å². The summed E-state index contributed by atoms with van der Waals surface area (Å²) in [5.74, 6) is 1.91. The van der Waals surface area contributed by atoms with Crippen LogP contribution in [0.4, 0.5) is 0 Å². The van der Waals surface area contributed by atoms with Crippen LogP contribution in [-0.4, -0.2) is 10.9 Å². The zero-order chi connectivity index (χ0) is 8.81. The Morgan fingerprint density at radius 2 is 2.67 bits per heavy atom. The highest BCUT2D eigenvalue weighted by Crippen LogP contribution is 1.91.